The molecule has 3 atom stereocenters. The zero-order chi connectivity index (χ0) is 45.0. The molecular formula is C52H103N2O6P. The van der Waals surface area contributed by atoms with Gasteiger partial charge in [0.25, 0.3) is 7.82 Å². The summed E-state index contributed by atoms with van der Waals surface area (Å²) in [7, 11) is 1.27. The van der Waals surface area contributed by atoms with E-state index in [1.807, 2.05) is 27.2 Å². The van der Waals surface area contributed by atoms with Gasteiger partial charge < -0.3 is 28.8 Å². The maximum Gasteiger partial charge on any atom is 0.268 e. The van der Waals surface area contributed by atoms with Gasteiger partial charge in [-0.2, -0.15) is 0 Å². The SMILES string of the molecule is CCCCCCCCC/C=C\CCCCCCCCCC(=O)NC(COP(=O)([O-])OCC[N+](C)(C)C)C(O)/C=C/CCCCCCCCCCCCCCCCCCCCC. The number of hydrogen-bond donors (Lipinski definition) is 2. The third-order valence-corrected chi connectivity index (χ3v) is 12.9. The fraction of sp³-hybridized carbons (Fsp3) is 0.904. The minimum absolute atomic E-state index is 0.000391. The number of likely N-dealkylation sites (N-methyl/N-ethyl adjacent to an activating group) is 1. The molecule has 0 saturated heterocycles. The van der Waals surface area contributed by atoms with E-state index < -0.39 is 20.0 Å². The summed E-state index contributed by atoms with van der Waals surface area (Å²) in [6.45, 7) is 4.67. The predicted molar refractivity (Wildman–Crippen MR) is 261 cm³/mol. The second kappa shape index (κ2) is 44.2. The van der Waals surface area contributed by atoms with Gasteiger partial charge in [-0.05, 0) is 44.9 Å². The van der Waals surface area contributed by atoms with Crippen molar-refractivity contribution in [3.8, 4) is 0 Å². The van der Waals surface area contributed by atoms with Crippen LogP contribution in [0.2, 0.25) is 0 Å². The van der Waals surface area contributed by atoms with Crippen LogP contribution < -0.4 is 10.2 Å². The lowest BCUT2D eigenvalue weighted by Crippen LogP contribution is -2.45. The molecule has 1 amide bonds. The van der Waals surface area contributed by atoms with Crippen molar-refractivity contribution < 1.29 is 32.9 Å². The van der Waals surface area contributed by atoms with E-state index in [2.05, 4.69) is 31.3 Å². The molecule has 0 heterocycles. The topological polar surface area (TPSA) is 108 Å². The van der Waals surface area contributed by atoms with Crippen molar-refractivity contribution >= 4 is 13.7 Å². The van der Waals surface area contributed by atoms with E-state index in [1.165, 1.54) is 193 Å². The number of phosphoric ester groups is 1. The lowest BCUT2D eigenvalue weighted by molar-refractivity contribution is -0.870. The van der Waals surface area contributed by atoms with Crippen molar-refractivity contribution in [3.05, 3.63) is 24.3 Å². The molecule has 0 aromatic heterocycles. The van der Waals surface area contributed by atoms with Gasteiger partial charge in [-0.25, -0.2) is 0 Å². The Balaban J connectivity index is 4.29. The van der Waals surface area contributed by atoms with Crippen LogP contribution in [-0.4, -0.2) is 68.5 Å². The lowest BCUT2D eigenvalue weighted by atomic mass is 10.0. The first-order chi connectivity index (χ1) is 29.5. The number of aliphatic hydroxyl groups is 1. The minimum atomic E-state index is -4.59. The maximum atomic E-state index is 12.9. The van der Waals surface area contributed by atoms with Gasteiger partial charge in [-0.3, -0.25) is 9.36 Å². The maximum absolute atomic E-state index is 12.9. The van der Waals surface area contributed by atoms with Crippen LogP contribution in [-0.2, 0) is 18.4 Å². The van der Waals surface area contributed by atoms with Gasteiger partial charge in [0.1, 0.15) is 13.2 Å². The highest BCUT2D eigenvalue weighted by Crippen LogP contribution is 2.38. The van der Waals surface area contributed by atoms with Crippen LogP contribution in [0.1, 0.15) is 251 Å². The molecule has 0 aromatic carbocycles. The molecule has 0 radical (unpaired) electrons. The van der Waals surface area contributed by atoms with Crippen LogP contribution >= 0.6 is 7.82 Å². The number of allylic oxidation sites excluding steroid dienone is 3. The average Bonchev–Trinajstić information content (AvgIpc) is 3.21. The van der Waals surface area contributed by atoms with Crippen molar-refractivity contribution in [2.24, 2.45) is 0 Å². The number of quaternary nitrogens is 1. The monoisotopic (exact) mass is 883 g/mol. The van der Waals surface area contributed by atoms with Crippen LogP contribution in [0, 0.1) is 0 Å². The predicted octanol–water partition coefficient (Wildman–Crippen LogP) is 14.6. The van der Waals surface area contributed by atoms with E-state index in [-0.39, 0.29) is 19.1 Å². The second-order valence-corrected chi connectivity index (χ2v) is 20.6. The van der Waals surface area contributed by atoms with Crippen molar-refractivity contribution in [1.29, 1.82) is 0 Å². The molecule has 9 heteroatoms. The Kier molecular flexibility index (Phi) is 43.5. The Labute approximate surface area is 379 Å². The molecule has 0 spiro atoms. The number of unbranched alkanes of at least 4 members (excludes halogenated alkanes) is 33. The number of carbonyl (C=O) groups excluding carboxylic acids is 1. The standard InChI is InChI=1S/C52H103N2O6P/c1-6-8-10-12-14-16-18-20-22-24-26-27-28-29-31-33-35-37-39-41-43-45-51(55)50(49-60-61(57,58)59-48-47-54(3,4)5)53-52(56)46-44-42-40-38-36-34-32-30-25-23-21-19-17-15-13-11-9-7-2/h23,25,43,45,50-51,55H,6-22,24,26-42,44,46-49H2,1-5H3,(H-,53,56,57,58)/b25-23-,45-43+. The van der Waals surface area contributed by atoms with Crippen molar-refractivity contribution in [2.75, 3.05) is 40.9 Å². The molecule has 8 nitrogen and oxygen atoms in total. The Hall–Kier alpha value is -1.02. The number of carbonyl (C=O) groups is 1. The largest absolute Gasteiger partial charge is 0.756 e. The number of nitrogens with one attached hydrogen (secondary N) is 1. The molecule has 61 heavy (non-hydrogen) atoms. The number of amides is 1. The summed E-state index contributed by atoms with van der Waals surface area (Å²) in [4.78, 5) is 25.4. The fourth-order valence-electron chi connectivity index (χ4n) is 7.74. The normalized spacial score (nSPS) is 14.3. The zero-order valence-corrected chi connectivity index (χ0v) is 42.0. The highest BCUT2D eigenvalue weighted by atomic mass is 31.2. The van der Waals surface area contributed by atoms with Crippen LogP contribution in [0.15, 0.2) is 24.3 Å². The van der Waals surface area contributed by atoms with Gasteiger partial charge in [0.15, 0.2) is 0 Å². The minimum Gasteiger partial charge on any atom is -0.756 e. The quantitative estimate of drug-likeness (QED) is 0.0273. The number of phosphoric acid groups is 1. The summed E-state index contributed by atoms with van der Waals surface area (Å²) in [5.41, 5.74) is 0. The summed E-state index contributed by atoms with van der Waals surface area (Å²) >= 11 is 0. The molecule has 0 aliphatic heterocycles. The molecule has 0 aliphatic carbocycles. The van der Waals surface area contributed by atoms with Gasteiger partial charge in [-0.15, -0.1) is 0 Å². The van der Waals surface area contributed by atoms with Gasteiger partial charge in [0.05, 0.1) is 39.9 Å². The van der Waals surface area contributed by atoms with E-state index >= 15 is 0 Å². The number of nitrogens with zero attached hydrogens (tertiary/aromatic N) is 1. The van der Waals surface area contributed by atoms with Crippen LogP contribution in [0.5, 0.6) is 0 Å². The van der Waals surface area contributed by atoms with E-state index in [0.29, 0.717) is 17.4 Å². The molecule has 362 valence electrons. The Morgan fingerprint density at radius 2 is 0.902 bits per heavy atom. The fourth-order valence-corrected chi connectivity index (χ4v) is 8.46. The van der Waals surface area contributed by atoms with Gasteiger partial charge in [0.2, 0.25) is 5.91 Å². The molecule has 0 bridgehead atoms. The molecule has 0 aliphatic rings. The van der Waals surface area contributed by atoms with Crippen LogP contribution in [0.4, 0.5) is 0 Å². The van der Waals surface area contributed by atoms with Crippen molar-refractivity contribution in [3.63, 3.8) is 0 Å². The number of rotatable bonds is 48. The summed E-state index contributed by atoms with van der Waals surface area (Å²) in [6, 6.07) is -0.886. The van der Waals surface area contributed by atoms with Gasteiger partial charge in [0, 0.05) is 6.42 Å². The summed E-state index contributed by atoms with van der Waals surface area (Å²) in [6.07, 6.45) is 53.7. The third kappa shape index (κ3) is 46.8. The Morgan fingerprint density at radius 3 is 1.28 bits per heavy atom. The Morgan fingerprint density at radius 1 is 0.557 bits per heavy atom. The van der Waals surface area contributed by atoms with E-state index in [9.17, 15) is 19.4 Å². The molecule has 0 rings (SSSR count). The molecular weight excluding hydrogens is 780 g/mol. The number of hydrogen-bond acceptors (Lipinski definition) is 6. The van der Waals surface area contributed by atoms with E-state index in [0.717, 1.165) is 38.5 Å². The van der Waals surface area contributed by atoms with Crippen LogP contribution in [0.3, 0.4) is 0 Å². The highest BCUT2D eigenvalue weighted by Gasteiger charge is 2.23. The summed E-state index contributed by atoms with van der Waals surface area (Å²) in [5.74, 6) is -0.199. The first-order valence-electron chi connectivity index (χ1n) is 26.2. The Bertz CT molecular complexity index is 1050. The van der Waals surface area contributed by atoms with Crippen molar-refractivity contribution in [1.82, 2.24) is 5.32 Å². The third-order valence-electron chi connectivity index (χ3n) is 11.9. The average molecular weight is 883 g/mol. The molecule has 0 fully saturated rings. The first kappa shape index (κ1) is 60.0. The molecule has 0 saturated carbocycles. The van der Waals surface area contributed by atoms with Crippen LogP contribution in [0.25, 0.3) is 0 Å². The lowest BCUT2D eigenvalue weighted by Gasteiger charge is -2.29. The number of aliphatic hydroxyl groups excluding tert-OH is 1. The molecule has 0 aromatic rings. The zero-order valence-electron chi connectivity index (χ0n) is 41.1. The smallest absolute Gasteiger partial charge is 0.268 e. The molecule has 2 N–H and O–H groups in total. The second-order valence-electron chi connectivity index (χ2n) is 19.2. The summed E-state index contributed by atoms with van der Waals surface area (Å²) < 4.78 is 23.3. The highest BCUT2D eigenvalue weighted by molar-refractivity contribution is 7.45. The van der Waals surface area contributed by atoms with Gasteiger partial charge >= 0.3 is 0 Å². The molecule has 3 unspecified atom stereocenters. The van der Waals surface area contributed by atoms with Crippen molar-refractivity contribution in [2.45, 2.75) is 264 Å². The van der Waals surface area contributed by atoms with Gasteiger partial charge in [-0.1, -0.05) is 224 Å². The van der Waals surface area contributed by atoms with E-state index in [4.69, 9.17) is 9.05 Å². The first-order valence-corrected chi connectivity index (χ1v) is 27.7. The van der Waals surface area contributed by atoms with E-state index in [1.54, 1.807) is 6.08 Å². The summed E-state index contributed by atoms with van der Waals surface area (Å²) in [5, 5.41) is 13.9.